The van der Waals surface area contributed by atoms with Gasteiger partial charge in [0.1, 0.15) is 0 Å². The summed E-state index contributed by atoms with van der Waals surface area (Å²) in [5.74, 6) is 0.0776. The first kappa shape index (κ1) is 20.1. The van der Waals surface area contributed by atoms with Crippen molar-refractivity contribution in [3.8, 4) is 0 Å². The Balaban J connectivity index is 1.83. The van der Waals surface area contributed by atoms with E-state index in [4.69, 9.17) is 0 Å². The number of nitrogens with one attached hydrogen (secondary N) is 1. The molecule has 1 amide bonds. The second kappa shape index (κ2) is 9.06. The maximum Gasteiger partial charge on any atom is 0.262 e. The number of aryl methyl sites for hydroxylation is 1. The minimum atomic E-state index is -0.114. The van der Waals surface area contributed by atoms with Gasteiger partial charge >= 0.3 is 0 Å². The zero-order valence-corrected chi connectivity index (χ0v) is 17.3. The molecule has 1 aromatic heterocycles. The molecule has 1 heterocycles. The number of fused-ring (bicyclic) bond motifs is 1. The zero-order chi connectivity index (χ0) is 20.1. The number of hydrogen-bond acceptors (Lipinski definition) is 4. The van der Waals surface area contributed by atoms with E-state index in [-0.39, 0.29) is 23.3 Å². The van der Waals surface area contributed by atoms with Crippen molar-refractivity contribution in [3.05, 3.63) is 64.4 Å². The molecule has 0 saturated heterocycles. The molecule has 1 atom stereocenters. The van der Waals surface area contributed by atoms with Gasteiger partial charge in [0.2, 0.25) is 5.91 Å². The van der Waals surface area contributed by atoms with Gasteiger partial charge in [-0.05, 0) is 49.6 Å². The van der Waals surface area contributed by atoms with Gasteiger partial charge in [0, 0.05) is 11.7 Å². The summed E-state index contributed by atoms with van der Waals surface area (Å²) in [7, 11) is 0. The summed E-state index contributed by atoms with van der Waals surface area (Å²) in [5.41, 5.74) is 2.56. The molecule has 0 fully saturated rings. The van der Waals surface area contributed by atoms with Gasteiger partial charge in [-0.15, -0.1) is 0 Å². The van der Waals surface area contributed by atoms with E-state index in [0.29, 0.717) is 16.1 Å². The van der Waals surface area contributed by atoms with E-state index < -0.39 is 0 Å². The fourth-order valence-electron chi connectivity index (χ4n) is 2.99. The van der Waals surface area contributed by atoms with Crippen molar-refractivity contribution in [3.63, 3.8) is 0 Å². The third-order valence-corrected chi connectivity index (χ3v) is 5.71. The van der Waals surface area contributed by atoms with Gasteiger partial charge in [0.05, 0.1) is 16.7 Å². The Morgan fingerprint density at radius 2 is 1.96 bits per heavy atom. The average molecular weight is 396 g/mol. The molecule has 5 nitrogen and oxygen atoms in total. The molecule has 0 radical (unpaired) electrons. The van der Waals surface area contributed by atoms with Crippen LogP contribution in [0.4, 0.5) is 5.69 Å². The van der Waals surface area contributed by atoms with Crippen LogP contribution in [-0.2, 0) is 11.2 Å². The summed E-state index contributed by atoms with van der Waals surface area (Å²) in [6, 6.07) is 15.2. The molecule has 3 rings (SSSR count). The molecule has 6 heteroatoms. The van der Waals surface area contributed by atoms with Crippen LogP contribution in [0.5, 0.6) is 0 Å². The lowest BCUT2D eigenvalue weighted by atomic mass is 10.1. The second-order valence-corrected chi connectivity index (χ2v) is 7.68. The highest BCUT2D eigenvalue weighted by molar-refractivity contribution is 7.99. The van der Waals surface area contributed by atoms with Crippen LogP contribution in [0.25, 0.3) is 10.9 Å². The Kier molecular flexibility index (Phi) is 6.52. The Labute approximate surface area is 169 Å². The molecule has 0 saturated carbocycles. The largest absolute Gasteiger partial charge is 0.325 e. The highest BCUT2D eigenvalue weighted by atomic mass is 32.2. The zero-order valence-electron chi connectivity index (χ0n) is 16.4. The van der Waals surface area contributed by atoms with Crippen molar-refractivity contribution in [1.29, 1.82) is 0 Å². The predicted octanol–water partition coefficient (Wildman–Crippen LogP) is 4.66. The van der Waals surface area contributed by atoms with Crippen molar-refractivity contribution in [2.24, 2.45) is 0 Å². The van der Waals surface area contributed by atoms with Gasteiger partial charge in [0.25, 0.3) is 5.56 Å². The average Bonchev–Trinajstić information content (AvgIpc) is 2.72. The number of carbonyl (C=O) groups excluding carboxylic acids is 1. The standard InChI is InChI=1S/C22H25N3O2S/c1-4-15(3)25-21(27)18-11-6-7-12-19(18)24-22(25)28-14-20(26)23-17-10-8-9-16(5-2)13-17/h6-13,15H,4-5,14H2,1-3H3,(H,23,26)/t15-/m0/s1. The van der Waals surface area contributed by atoms with E-state index in [9.17, 15) is 9.59 Å². The van der Waals surface area contributed by atoms with E-state index in [1.807, 2.05) is 56.3 Å². The SMILES string of the molecule is CCc1cccc(NC(=O)CSc2nc3ccccc3c(=O)n2[C@@H](C)CC)c1. The molecule has 0 aliphatic heterocycles. The first-order valence-electron chi connectivity index (χ1n) is 9.56. The lowest BCUT2D eigenvalue weighted by Gasteiger charge is -2.18. The van der Waals surface area contributed by atoms with E-state index in [0.717, 1.165) is 18.5 Å². The Morgan fingerprint density at radius 1 is 1.18 bits per heavy atom. The van der Waals surface area contributed by atoms with Crippen molar-refractivity contribution >= 4 is 34.3 Å². The highest BCUT2D eigenvalue weighted by Gasteiger charge is 2.16. The summed E-state index contributed by atoms with van der Waals surface area (Å²) >= 11 is 1.30. The quantitative estimate of drug-likeness (QED) is 0.467. The summed E-state index contributed by atoms with van der Waals surface area (Å²) in [4.78, 5) is 30.1. The van der Waals surface area contributed by atoms with Gasteiger partial charge in [-0.3, -0.25) is 14.2 Å². The third kappa shape index (κ3) is 4.44. The van der Waals surface area contributed by atoms with Crippen molar-refractivity contribution in [1.82, 2.24) is 9.55 Å². The minimum Gasteiger partial charge on any atom is -0.325 e. The lowest BCUT2D eigenvalue weighted by Crippen LogP contribution is -2.26. The Morgan fingerprint density at radius 3 is 2.71 bits per heavy atom. The van der Waals surface area contributed by atoms with Gasteiger partial charge in [-0.2, -0.15) is 0 Å². The summed E-state index contributed by atoms with van der Waals surface area (Å²) in [6.45, 7) is 6.11. The van der Waals surface area contributed by atoms with Crippen LogP contribution < -0.4 is 10.9 Å². The van der Waals surface area contributed by atoms with Crippen LogP contribution in [0.15, 0.2) is 58.5 Å². The van der Waals surface area contributed by atoms with E-state index >= 15 is 0 Å². The molecular formula is C22H25N3O2S. The molecule has 0 spiro atoms. The van der Waals surface area contributed by atoms with Gasteiger partial charge < -0.3 is 5.32 Å². The number of amides is 1. The predicted molar refractivity (Wildman–Crippen MR) is 116 cm³/mol. The molecule has 3 aromatic rings. The van der Waals surface area contributed by atoms with Gasteiger partial charge in [-0.25, -0.2) is 4.98 Å². The van der Waals surface area contributed by atoms with Gasteiger partial charge in [0.15, 0.2) is 5.16 Å². The first-order valence-corrected chi connectivity index (χ1v) is 10.5. The number of para-hydroxylation sites is 1. The van der Waals surface area contributed by atoms with E-state index in [1.165, 1.54) is 17.3 Å². The van der Waals surface area contributed by atoms with Gasteiger partial charge in [-0.1, -0.05) is 49.9 Å². The summed E-state index contributed by atoms with van der Waals surface area (Å²) in [5, 5.41) is 4.11. The molecule has 0 aliphatic carbocycles. The van der Waals surface area contributed by atoms with E-state index in [2.05, 4.69) is 17.2 Å². The number of thioether (sulfide) groups is 1. The second-order valence-electron chi connectivity index (χ2n) is 6.73. The molecule has 0 bridgehead atoms. The van der Waals surface area contributed by atoms with Crippen LogP contribution in [0, 0.1) is 0 Å². The van der Waals surface area contributed by atoms with Crippen LogP contribution in [0.1, 0.15) is 38.8 Å². The summed E-state index contributed by atoms with van der Waals surface area (Å²) < 4.78 is 1.71. The fourth-order valence-corrected chi connectivity index (χ4v) is 3.89. The number of benzene rings is 2. The summed E-state index contributed by atoms with van der Waals surface area (Å²) in [6.07, 6.45) is 1.73. The number of hydrogen-bond donors (Lipinski definition) is 1. The number of nitrogens with zero attached hydrogens (tertiary/aromatic N) is 2. The molecule has 28 heavy (non-hydrogen) atoms. The number of anilines is 1. The molecular weight excluding hydrogens is 370 g/mol. The minimum absolute atomic E-state index is 0.0106. The van der Waals surface area contributed by atoms with Crippen molar-refractivity contribution in [2.45, 2.75) is 44.8 Å². The third-order valence-electron chi connectivity index (χ3n) is 4.76. The molecule has 146 valence electrons. The fraction of sp³-hybridized carbons (Fsp3) is 0.318. The highest BCUT2D eigenvalue weighted by Crippen LogP contribution is 2.22. The topological polar surface area (TPSA) is 64.0 Å². The molecule has 2 aromatic carbocycles. The molecule has 0 unspecified atom stereocenters. The van der Waals surface area contributed by atoms with Crippen molar-refractivity contribution in [2.75, 3.05) is 11.1 Å². The van der Waals surface area contributed by atoms with Crippen LogP contribution in [-0.4, -0.2) is 21.2 Å². The molecule has 1 N–H and O–H groups in total. The maximum atomic E-state index is 13.0. The van der Waals surface area contributed by atoms with Crippen LogP contribution in [0.3, 0.4) is 0 Å². The maximum absolute atomic E-state index is 13.0. The smallest absolute Gasteiger partial charge is 0.262 e. The van der Waals surface area contributed by atoms with Crippen LogP contribution in [0.2, 0.25) is 0 Å². The van der Waals surface area contributed by atoms with Crippen molar-refractivity contribution < 1.29 is 4.79 Å². The number of carbonyl (C=O) groups is 1. The van der Waals surface area contributed by atoms with E-state index in [1.54, 1.807) is 10.6 Å². The Bertz CT molecular complexity index is 1050. The van der Waals surface area contributed by atoms with Crippen LogP contribution >= 0.6 is 11.8 Å². The molecule has 0 aliphatic rings. The monoisotopic (exact) mass is 395 g/mol. The Hall–Kier alpha value is -2.60. The first-order chi connectivity index (χ1) is 13.5. The number of rotatable bonds is 7. The normalized spacial score (nSPS) is 12.1. The number of aromatic nitrogens is 2. The lowest BCUT2D eigenvalue weighted by molar-refractivity contribution is -0.113.